The summed E-state index contributed by atoms with van der Waals surface area (Å²) in [6, 6.07) is 13.8. The first-order chi connectivity index (χ1) is 11.2. The summed E-state index contributed by atoms with van der Waals surface area (Å²) in [4.78, 5) is 8.74. The maximum atomic E-state index is 6.01. The molecule has 1 fully saturated rings. The van der Waals surface area contributed by atoms with Crippen molar-refractivity contribution in [1.82, 2.24) is 4.98 Å². The Bertz CT molecular complexity index is 686. The Labute approximate surface area is 159 Å². The van der Waals surface area contributed by atoms with Crippen molar-refractivity contribution in [3.8, 4) is 5.75 Å². The lowest BCUT2D eigenvalue weighted by atomic mass is 9.64. The van der Waals surface area contributed by atoms with Crippen LogP contribution in [-0.4, -0.2) is 24.6 Å². The number of hydrogen-bond acceptors (Lipinski definition) is 3. The van der Waals surface area contributed by atoms with Crippen LogP contribution in [0.15, 0.2) is 53.7 Å². The number of anilines is 1. The van der Waals surface area contributed by atoms with Gasteiger partial charge in [-0.05, 0) is 31.0 Å². The van der Waals surface area contributed by atoms with Crippen LogP contribution >= 0.6 is 24.0 Å². The Kier molecular flexibility index (Phi) is 6.42. The molecule has 128 valence electrons. The van der Waals surface area contributed by atoms with Crippen LogP contribution in [0, 0.1) is 0 Å². The molecule has 24 heavy (non-hydrogen) atoms. The van der Waals surface area contributed by atoms with E-state index in [-0.39, 0.29) is 29.4 Å². The van der Waals surface area contributed by atoms with Crippen LogP contribution in [0.4, 0.5) is 5.82 Å². The molecule has 0 amide bonds. The van der Waals surface area contributed by atoms with Crippen LogP contribution in [0.25, 0.3) is 0 Å². The van der Waals surface area contributed by atoms with Crippen molar-refractivity contribution in [3.63, 3.8) is 0 Å². The summed E-state index contributed by atoms with van der Waals surface area (Å²) in [5, 5.41) is 3.03. The van der Waals surface area contributed by atoms with E-state index < -0.39 is 0 Å². The number of rotatable bonds is 5. The lowest BCUT2D eigenvalue weighted by molar-refractivity contribution is 0.244. The van der Waals surface area contributed by atoms with Crippen molar-refractivity contribution >= 4 is 35.8 Å². The Morgan fingerprint density at radius 1 is 1.25 bits per heavy atom. The number of nitrogens with one attached hydrogen (secondary N) is 1. The summed E-state index contributed by atoms with van der Waals surface area (Å²) in [5.74, 6) is 2.03. The highest BCUT2D eigenvalue weighted by atomic mass is 127. The fraction of sp³-hybridized carbons (Fsp3) is 0.333. The highest BCUT2D eigenvalue weighted by molar-refractivity contribution is 14.0. The molecule has 2 aromatic rings. The van der Waals surface area contributed by atoms with Crippen LogP contribution in [0.1, 0.15) is 24.8 Å². The molecular weight excluding hydrogens is 415 g/mol. The third-order valence-corrected chi connectivity index (χ3v) is 4.46. The monoisotopic (exact) mass is 438 g/mol. The largest absolute Gasteiger partial charge is 0.496 e. The van der Waals surface area contributed by atoms with Gasteiger partial charge in [0.15, 0.2) is 5.96 Å². The van der Waals surface area contributed by atoms with E-state index in [1.54, 1.807) is 13.3 Å². The molecule has 0 spiro atoms. The third kappa shape index (κ3) is 3.98. The molecule has 1 aliphatic rings. The summed E-state index contributed by atoms with van der Waals surface area (Å²) in [5.41, 5.74) is 7.26. The second kappa shape index (κ2) is 8.32. The lowest BCUT2D eigenvalue weighted by Gasteiger charge is -2.42. The van der Waals surface area contributed by atoms with Gasteiger partial charge in [0.25, 0.3) is 0 Å². The number of para-hydroxylation sites is 1. The van der Waals surface area contributed by atoms with Gasteiger partial charge in [0.1, 0.15) is 11.6 Å². The zero-order valence-electron chi connectivity index (χ0n) is 13.7. The van der Waals surface area contributed by atoms with Gasteiger partial charge in [0.2, 0.25) is 0 Å². The lowest BCUT2D eigenvalue weighted by Crippen LogP contribution is -2.39. The molecule has 0 saturated heterocycles. The number of guanidine groups is 1. The topological polar surface area (TPSA) is 72.5 Å². The first kappa shape index (κ1) is 18.5. The van der Waals surface area contributed by atoms with E-state index in [1.807, 2.05) is 30.3 Å². The van der Waals surface area contributed by atoms with Gasteiger partial charge in [-0.25, -0.2) is 4.98 Å². The minimum absolute atomic E-state index is 0. The first-order valence-corrected chi connectivity index (χ1v) is 7.85. The summed E-state index contributed by atoms with van der Waals surface area (Å²) >= 11 is 0. The number of benzene rings is 1. The fourth-order valence-electron chi connectivity index (χ4n) is 3.04. The van der Waals surface area contributed by atoms with Crippen LogP contribution in [0.3, 0.4) is 0 Å². The maximum absolute atomic E-state index is 6.01. The van der Waals surface area contributed by atoms with Gasteiger partial charge in [-0.15, -0.1) is 24.0 Å². The van der Waals surface area contributed by atoms with E-state index in [2.05, 4.69) is 27.4 Å². The first-order valence-electron chi connectivity index (χ1n) is 7.85. The van der Waals surface area contributed by atoms with Crippen molar-refractivity contribution < 1.29 is 4.74 Å². The van der Waals surface area contributed by atoms with Gasteiger partial charge < -0.3 is 15.8 Å². The second-order valence-corrected chi connectivity index (χ2v) is 5.88. The number of nitrogens with zero attached hydrogens (tertiary/aromatic N) is 2. The van der Waals surface area contributed by atoms with Crippen molar-refractivity contribution in [1.29, 1.82) is 0 Å². The van der Waals surface area contributed by atoms with Gasteiger partial charge in [0.05, 0.1) is 13.7 Å². The van der Waals surface area contributed by atoms with Crippen LogP contribution in [0.5, 0.6) is 5.75 Å². The Morgan fingerprint density at radius 2 is 2.00 bits per heavy atom. The molecule has 1 aliphatic carbocycles. The van der Waals surface area contributed by atoms with Crippen molar-refractivity contribution in [2.24, 2.45) is 10.7 Å². The summed E-state index contributed by atoms with van der Waals surface area (Å²) in [6.45, 7) is 0.652. The quantitative estimate of drug-likeness (QED) is 0.426. The average molecular weight is 438 g/mol. The second-order valence-electron chi connectivity index (χ2n) is 5.88. The van der Waals surface area contributed by atoms with E-state index in [0.717, 1.165) is 18.6 Å². The number of pyridine rings is 1. The minimum Gasteiger partial charge on any atom is -0.496 e. The maximum Gasteiger partial charge on any atom is 0.194 e. The molecule has 1 aromatic carbocycles. The zero-order valence-corrected chi connectivity index (χ0v) is 16.1. The van der Waals surface area contributed by atoms with Crippen LogP contribution < -0.4 is 15.8 Å². The van der Waals surface area contributed by atoms with Gasteiger partial charge in [0, 0.05) is 17.2 Å². The molecule has 0 radical (unpaired) electrons. The summed E-state index contributed by atoms with van der Waals surface area (Å²) in [7, 11) is 1.71. The fourth-order valence-corrected chi connectivity index (χ4v) is 3.04. The van der Waals surface area contributed by atoms with Gasteiger partial charge in [-0.2, -0.15) is 0 Å². The molecule has 1 aromatic heterocycles. The molecular formula is C18H23IN4O. The summed E-state index contributed by atoms with van der Waals surface area (Å²) < 4.78 is 5.52. The number of aromatic nitrogens is 1. The molecule has 3 N–H and O–H groups in total. The average Bonchev–Trinajstić information content (AvgIpc) is 2.55. The highest BCUT2D eigenvalue weighted by Crippen LogP contribution is 2.47. The van der Waals surface area contributed by atoms with E-state index >= 15 is 0 Å². The molecule has 0 bridgehead atoms. The van der Waals surface area contributed by atoms with Crippen molar-refractivity contribution in [2.75, 3.05) is 19.0 Å². The number of halogens is 1. The molecule has 0 aliphatic heterocycles. The minimum atomic E-state index is 0. The predicted molar refractivity (Wildman–Crippen MR) is 108 cm³/mol. The van der Waals surface area contributed by atoms with E-state index in [9.17, 15) is 0 Å². The van der Waals surface area contributed by atoms with Crippen LogP contribution in [-0.2, 0) is 5.41 Å². The molecule has 3 rings (SSSR count). The normalized spacial score (nSPS) is 15.8. The third-order valence-electron chi connectivity index (χ3n) is 4.46. The predicted octanol–water partition coefficient (Wildman–Crippen LogP) is 3.56. The molecule has 0 atom stereocenters. The molecule has 6 heteroatoms. The van der Waals surface area contributed by atoms with E-state index in [0.29, 0.717) is 18.3 Å². The van der Waals surface area contributed by atoms with Gasteiger partial charge >= 0.3 is 0 Å². The highest BCUT2D eigenvalue weighted by Gasteiger charge is 2.40. The van der Waals surface area contributed by atoms with Crippen LogP contribution in [0.2, 0.25) is 0 Å². The van der Waals surface area contributed by atoms with Gasteiger partial charge in [-0.1, -0.05) is 30.7 Å². The molecule has 0 unspecified atom stereocenters. The number of hydrogen-bond donors (Lipinski definition) is 2. The molecule has 5 nitrogen and oxygen atoms in total. The number of methoxy groups -OCH3 is 1. The smallest absolute Gasteiger partial charge is 0.194 e. The number of aliphatic imine (C=N–C) groups is 1. The Morgan fingerprint density at radius 3 is 2.62 bits per heavy atom. The van der Waals surface area contributed by atoms with Crippen molar-refractivity contribution in [2.45, 2.75) is 24.7 Å². The van der Waals surface area contributed by atoms with E-state index in [4.69, 9.17) is 10.5 Å². The summed E-state index contributed by atoms with van der Waals surface area (Å²) in [6.07, 6.45) is 5.14. The van der Waals surface area contributed by atoms with Gasteiger partial charge in [-0.3, -0.25) is 4.99 Å². The Balaban J connectivity index is 0.00000208. The van der Waals surface area contributed by atoms with E-state index in [1.165, 1.54) is 12.0 Å². The zero-order chi connectivity index (χ0) is 16.1. The Hall–Kier alpha value is -1.83. The number of ether oxygens (including phenoxy) is 1. The van der Waals surface area contributed by atoms with Crippen molar-refractivity contribution in [3.05, 3.63) is 54.2 Å². The SMILES string of the molecule is COc1ccccc1C1(CN=C(N)Nc2ccccn2)CCC1.I. The standard InChI is InChI=1S/C18H22N4O.HI/c1-23-15-8-3-2-7-14(15)18(10-6-11-18)13-21-17(19)22-16-9-4-5-12-20-16;/h2-5,7-9,12H,6,10-11,13H2,1H3,(H3,19,20,21,22);1H. The number of nitrogens with two attached hydrogens (primary N) is 1. The molecule has 1 saturated carbocycles. The molecule has 1 heterocycles.